The zero-order valence-corrected chi connectivity index (χ0v) is 5.69. The van der Waals surface area contributed by atoms with Crippen molar-refractivity contribution in [3.05, 3.63) is 6.10 Å². The Labute approximate surface area is 59.0 Å². The third kappa shape index (κ3) is 1.66. The molecule has 1 fully saturated rings. The van der Waals surface area contributed by atoms with E-state index in [4.69, 9.17) is 5.11 Å². The van der Waals surface area contributed by atoms with Gasteiger partial charge < -0.3 is 5.11 Å². The summed E-state index contributed by atoms with van der Waals surface area (Å²) >= 11 is 0. The second-order valence-electron chi connectivity index (χ2n) is 2.68. The molecule has 0 spiro atoms. The van der Waals surface area contributed by atoms with Crippen LogP contribution in [0.3, 0.4) is 0 Å². The average molecular weight is 149 g/mol. The van der Waals surface area contributed by atoms with Gasteiger partial charge in [-0.2, -0.15) is 0 Å². The third-order valence-corrected chi connectivity index (χ3v) is 1.93. The molecule has 0 aliphatic heterocycles. The molecular weight excluding hydrogens is 138 g/mol. The Morgan fingerprint density at radius 3 is 2.50 bits per heavy atom. The highest BCUT2D eigenvalue weighted by atomic mass is 19.3. The second kappa shape index (κ2) is 3.28. The largest absolute Gasteiger partial charge is 0.386 e. The Balaban J connectivity index is 2.40. The number of aliphatic hydroxyl groups excluding tert-OH is 1. The van der Waals surface area contributed by atoms with Gasteiger partial charge in [-0.1, -0.05) is 12.8 Å². The first-order chi connectivity index (χ1) is 4.72. The molecule has 1 radical (unpaired) electrons. The molecule has 0 aromatic heterocycles. The first-order valence-corrected chi connectivity index (χ1v) is 3.54. The Kier molecular flexibility index (Phi) is 2.60. The van der Waals surface area contributed by atoms with Gasteiger partial charge in [0, 0.05) is 0 Å². The lowest BCUT2D eigenvalue weighted by atomic mass is 9.87. The Hall–Kier alpha value is -0.180. The van der Waals surface area contributed by atoms with Crippen molar-refractivity contribution in [3.63, 3.8) is 0 Å². The van der Waals surface area contributed by atoms with Crippen molar-refractivity contribution in [1.29, 1.82) is 0 Å². The summed E-state index contributed by atoms with van der Waals surface area (Å²) in [5, 5.41) is 8.98. The molecule has 1 aliphatic carbocycles. The second-order valence-corrected chi connectivity index (χ2v) is 2.68. The maximum atomic E-state index is 12.0. The van der Waals surface area contributed by atoms with E-state index in [1.807, 2.05) is 0 Å². The van der Waals surface area contributed by atoms with Crippen molar-refractivity contribution in [3.8, 4) is 0 Å². The van der Waals surface area contributed by atoms with Gasteiger partial charge in [0.1, 0.15) is 6.10 Å². The standard InChI is InChI=1S/C7H11F2O/c8-7(9)5-3-1-2-4-6(5)10/h5,7,10H,1-4H2. The van der Waals surface area contributed by atoms with E-state index in [1.165, 1.54) is 0 Å². The van der Waals surface area contributed by atoms with Gasteiger partial charge in [-0.15, -0.1) is 0 Å². The van der Waals surface area contributed by atoms with Crippen LogP contribution in [0.1, 0.15) is 25.7 Å². The lowest BCUT2D eigenvalue weighted by Crippen LogP contribution is -2.23. The van der Waals surface area contributed by atoms with Gasteiger partial charge in [0.25, 0.3) is 0 Å². The van der Waals surface area contributed by atoms with Crippen LogP contribution in [0.4, 0.5) is 8.78 Å². The highest BCUT2D eigenvalue weighted by Crippen LogP contribution is 2.33. The minimum absolute atomic E-state index is 0.00116. The van der Waals surface area contributed by atoms with Crippen LogP contribution in [0.5, 0.6) is 0 Å². The fourth-order valence-electron chi connectivity index (χ4n) is 1.29. The summed E-state index contributed by atoms with van der Waals surface area (Å²) in [7, 11) is 0. The molecule has 59 valence electrons. The fraction of sp³-hybridized carbons (Fsp3) is 0.857. The summed E-state index contributed by atoms with van der Waals surface area (Å²) in [6.07, 6.45) is 0.216. The molecule has 0 heterocycles. The maximum Gasteiger partial charge on any atom is 0.244 e. The summed E-state index contributed by atoms with van der Waals surface area (Å²) in [5.74, 6) is -0.839. The van der Waals surface area contributed by atoms with E-state index in [2.05, 4.69) is 0 Å². The van der Waals surface area contributed by atoms with Crippen LogP contribution in [0, 0.1) is 12.0 Å². The molecule has 1 nitrogen and oxygen atoms in total. The van der Waals surface area contributed by atoms with E-state index < -0.39 is 12.3 Å². The van der Waals surface area contributed by atoms with Crippen molar-refractivity contribution in [2.75, 3.05) is 0 Å². The van der Waals surface area contributed by atoms with E-state index in [9.17, 15) is 8.78 Å². The van der Waals surface area contributed by atoms with Gasteiger partial charge in [0.2, 0.25) is 6.43 Å². The Morgan fingerprint density at radius 1 is 1.40 bits per heavy atom. The van der Waals surface area contributed by atoms with Gasteiger partial charge in [-0.25, -0.2) is 8.78 Å². The average Bonchev–Trinajstić information content (AvgIpc) is 1.88. The maximum absolute atomic E-state index is 12.0. The zero-order valence-electron chi connectivity index (χ0n) is 5.69. The van der Waals surface area contributed by atoms with E-state index >= 15 is 0 Å². The summed E-state index contributed by atoms with van der Waals surface area (Å²) < 4.78 is 24.0. The monoisotopic (exact) mass is 149 g/mol. The normalized spacial score (nSPS) is 29.4. The van der Waals surface area contributed by atoms with Gasteiger partial charge in [0.15, 0.2) is 0 Å². The lowest BCUT2D eigenvalue weighted by molar-refractivity contribution is 0.0242. The number of hydrogen-bond acceptors (Lipinski definition) is 1. The van der Waals surface area contributed by atoms with Crippen molar-refractivity contribution in [2.24, 2.45) is 5.92 Å². The van der Waals surface area contributed by atoms with Crippen LogP contribution in [-0.2, 0) is 0 Å². The van der Waals surface area contributed by atoms with Crippen LogP contribution >= 0.6 is 0 Å². The highest BCUT2D eigenvalue weighted by molar-refractivity contribution is 4.89. The quantitative estimate of drug-likeness (QED) is 0.606. The number of hydrogen-bond donors (Lipinski definition) is 1. The molecule has 10 heavy (non-hydrogen) atoms. The Bertz CT molecular complexity index is 106. The number of halogens is 2. The molecule has 0 bridgehead atoms. The van der Waals surface area contributed by atoms with Gasteiger partial charge in [0.05, 0.1) is 5.92 Å². The third-order valence-electron chi connectivity index (χ3n) is 1.93. The fourth-order valence-corrected chi connectivity index (χ4v) is 1.29. The molecule has 1 N–H and O–H groups in total. The summed E-state index contributed by atoms with van der Waals surface area (Å²) in [5.41, 5.74) is 0. The molecule has 0 amide bonds. The molecule has 0 saturated heterocycles. The molecule has 1 unspecified atom stereocenters. The molecule has 0 aromatic rings. The van der Waals surface area contributed by atoms with Crippen LogP contribution < -0.4 is 0 Å². The SMILES string of the molecule is O[C]1CCCCC1C(F)F. The Morgan fingerprint density at radius 2 is 2.10 bits per heavy atom. The number of rotatable bonds is 1. The summed E-state index contributed by atoms with van der Waals surface area (Å²) in [4.78, 5) is 0. The molecule has 1 atom stereocenters. The van der Waals surface area contributed by atoms with E-state index in [1.54, 1.807) is 0 Å². The lowest BCUT2D eigenvalue weighted by Gasteiger charge is -2.25. The van der Waals surface area contributed by atoms with Crippen molar-refractivity contribution in [2.45, 2.75) is 32.1 Å². The van der Waals surface area contributed by atoms with Gasteiger partial charge in [-0.3, -0.25) is 0 Å². The first kappa shape index (κ1) is 7.92. The summed E-state index contributed by atoms with van der Waals surface area (Å²) in [6, 6.07) is 0. The predicted molar refractivity (Wildman–Crippen MR) is 33.1 cm³/mol. The van der Waals surface area contributed by atoms with Crippen LogP contribution in [-0.4, -0.2) is 11.5 Å². The topological polar surface area (TPSA) is 20.2 Å². The first-order valence-electron chi connectivity index (χ1n) is 3.54. The van der Waals surface area contributed by atoms with Gasteiger partial charge in [-0.05, 0) is 12.8 Å². The molecule has 1 rings (SSSR count). The molecule has 1 saturated carbocycles. The van der Waals surface area contributed by atoms with Gasteiger partial charge >= 0.3 is 0 Å². The van der Waals surface area contributed by atoms with Crippen LogP contribution in [0.2, 0.25) is 0 Å². The van der Waals surface area contributed by atoms with Crippen molar-refractivity contribution in [1.82, 2.24) is 0 Å². The van der Waals surface area contributed by atoms with Crippen LogP contribution in [0.15, 0.2) is 0 Å². The zero-order chi connectivity index (χ0) is 7.56. The smallest absolute Gasteiger partial charge is 0.244 e. The predicted octanol–water partition coefficient (Wildman–Crippen LogP) is 2.35. The van der Waals surface area contributed by atoms with Crippen LogP contribution in [0.25, 0.3) is 0 Å². The van der Waals surface area contributed by atoms with E-state index in [-0.39, 0.29) is 6.10 Å². The van der Waals surface area contributed by atoms with Crippen molar-refractivity contribution < 1.29 is 13.9 Å². The minimum atomic E-state index is -2.37. The van der Waals surface area contributed by atoms with E-state index in [0.29, 0.717) is 12.8 Å². The number of alkyl halides is 2. The molecule has 3 heteroatoms. The summed E-state index contributed by atoms with van der Waals surface area (Å²) in [6.45, 7) is 0. The number of aliphatic hydroxyl groups is 1. The molecular formula is C7H11F2O. The van der Waals surface area contributed by atoms with E-state index in [0.717, 1.165) is 12.8 Å². The molecule has 0 aromatic carbocycles. The highest BCUT2D eigenvalue weighted by Gasteiger charge is 2.31. The minimum Gasteiger partial charge on any atom is -0.386 e. The molecule has 1 aliphatic rings. The van der Waals surface area contributed by atoms with Crippen molar-refractivity contribution >= 4 is 0 Å².